The molecule has 0 spiro atoms. The Balaban J connectivity index is 1.76. The number of amidine groups is 1. The number of pyridine rings is 1. The Morgan fingerprint density at radius 2 is 2.21 bits per heavy atom. The highest BCUT2D eigenvalue weighted by molar-refractivity contribution is 7.82. The first-order chi connectivity index (χ1) is 11.5. The Hall–Kier alpha value is -1.25. The summed E-state index contributed by atoms with van der Waals surface area (Å²) in [5.74, 6) is 0.467. The van der Waals surface area contributed by atoms with Gasteiger partial charge in [0.2, 0.25) is 0 Å². The standard InChI is InChI=1S/C16H20ClN5OS/c1-10(16-20-14(17)13(24)15(18)21-16)12-8-11(2-3-19-12)9-22-4-6-23-7-5-22/h2-3,8,10,15H,4-7,9,18H2,1H3. The van der Waals surface area contributed by atoms with E-state index in [-0.39, 0.29) is 11.1 Å². The Kier molecular flexibility index (Phi) is 5.68. The molecule has 1 aromatic heterocycles. The van der Waals surface area contributed by atoms with Crippen molar-refractivity contribution in [1.29, 1.82) is 0 Å². The van der Waals surface area contributed by atoms with Gasteiger partial charge in [0.15, 0.2) is 0 Å². The second kappa shape index (κ2) is 7.76. The van der Waals surface area contributed by atoms with Crippen molar-refractivity contribution in [2.45, 2.75) is 25.6 Å². The highest BCUT2D eigenvalue weighted by Crippen LogP contribution is 2.21. The quantitative estimate of drug-likeness (QED) is 0.822. The lowest BCUT2D eigenvalue weighted by Gasteiger charge is -2.26. The average molecular weight is 366 g/mol. The van der Waals surface area contributed by atoms with Gasteiger partial charge in [-0.05, 0) is 24.6 Å². The number of morpholine rings is 1. The van der Waals surface area contributed by atoms with Gasteiger partial charge in [0.25, 0.3) is 0 Å². The van der Waals surface area contributed by atoms with Crippen molar-refractivity contribution in [3.8, 4) is 0 Å². The van der Waals surface area contributed by atoms with Crippen molar-refractivity contribution in [1.82, 2.24) is 9.88 Å². The number of halogens is 1. The number of thiocarbonyl (C=S) groups is 1. The van der Waals surface area contributed by atoms with E-state index in [1.807, 2.05) is 19.2 Å². The number of hydrogen-bond donors (Lipinski definition) is 1. The van der Waals surface area contributed by atoms with Crippen molar-refractivity contribution in [3.63, 3.8) is 0 Å². The Morgan fingerprint density at radius 1 is 1.46 bits per heavy atom. The van der Waals surface area contributed by atoms with E-state index in [1.54, 1.807) is 0 Å². The van der Waals surface area contributed by atoms with Crippen molar-refractivity contribution in [3.05, 3.63) is 29.6 Å². The first-order valence-corrected chi connectivity index (χ1v) is 8.70. The lowest BCUT2D eigenvalue weighted by atomic mass is 10.0. The fraction of sp³-hybridized carbons (Fsp3) is 0.500. The van der Waals surface area contributed by atoms with Gasteiger partial charge in [0, 0.05) is 25.8 Å². The van der Waals surface area contributed by atoms with Crippen LogP contribution in [-0.4, -0.2) is 58.2 Å². The number of aromatic nitrogens is 1. The molecule has 2 atom stereocenters. The topological polar surface area (TPSA) is 76.1 Å². The largest absolute Gasteiger partial charge is 0.379 e. The summed E-state index contributed by atoms with van der Waals surface area (Å²) in [5, 5.41) is 0.249. The average Bonchev–Trinajstić information content (AvgIpc) is 2.59. The van der Waals surface area contributed by atoms with Crippen LogP contribution in [0, 0.1) is 0 Å². The second-order valence-corrected chi connectivity index (χ2v) is 6.70. The Bertz CT molecular complexity index is 687. The summed E-state index contributed by atoms with van der Waals surface area (Å²) in [7, 11) is 0. The van der Waals surface area contributed by atoms with Crippen LogP contribution < -0.4 is 5.73 Å². The predicted octanol–water partition coefficient (Wildman–Crippen LogP) is 1.72. The van der Waals surface area contributed by atoms with Crippen molar-refractivity contribution >= 4 is 39.7 Å². The van der Waals surface area contributed by atoms with Crippen LogP contribution in [0.5, 0.6) is 0 Å². The molecular formula is C16H20ClN5OS. The molecule has 2 N–H and O–H groups in total. The molecule has 3 rings (SSSR count). The summed E-state index contributed by atoms with van der Waals surface area (Å²) in [4.78, 5) is 15.8. The van der Waals surface area contributed by atoms with Gasteiger partial charge in [-0.1, -0.05) is 23.8 Å². The van der Waals surface area contributed by atoms with E-state index in [0.29, 0.717) is 10.7 Å². The van der Waals surface area contributed by atoms with Crippen LogP contribution in [0.3, 0.4) is 0 Å². The lowest BCUT2D eigenvalue weighted by Crippen LogP contribution is -2.36. The monoisotopic (exact) mass is 365 g/mol. The molecule has 1 aromatic rings. The molecule has 1 saturated heterocycles. The van der Waals surface area contributed by atoms with Crippen molar-refractivity contribution in [2.24, 2.45) is 15.7 Å². The summed E-state index contributed by atoms with van der Waals surface area (Å²) in [6.07, 6.45) is 1.21. The molecule has 0 saturated carbocycles. The van der Waals surface area contributed by atoms with Crippen LogP contribution in [0.1, 0.15) is 24.1 Å². The van der Waals surface area contributed by atoms with Gasteiger partial charge < -0.3 is 10.5 Å². The van der Waals surface area contributed by atoms with E-state index in [4.69, 9.17) is 34.3 Å². The maximum absolute atomic E-state index is 6.06. The predicted molar refractivity (Wildman–Crippen MR) is 100 cm³/mol. The van der Waals surface area contributed by atoms with Gasteiger partial charge in [0.1, 0.15) is 17.2 Å². The highest BCUT2D eigenvalue weighted by atomic mass is 35.5. The molecule has 2 aliphatic rings. The third-order valence-corrected chi connectivity index (χ3v) is 4.98. The number of ether oxygens (including phenoxy) is 1. The van der Waals surface area contributed by atoms with Crippen LogP contribution in [0.4, 0.5) is 0 Å². The second-order valence-electron chi connectivity index (χ2n) is 5.90. The summed E-state index contributed by atoms with van der Waals surface area (Å²) in [6, 6.07) is 4.12. The smallest absolute Gasteiger partial charge is 0.148 e. The number of nitrogens with zero attached hydrogens (tertiary/aromatic N) is 4. The molecule has 24 heavy (non-hydrogen) atoms. The maximum Gasteiger partial charge on any atom is 0.148 e. The van der Waals surface area contributed by atoms with Gasteiger partial charge in [0.05, 0.1) is 29.7 Å². The number of nitrogens with two attached hydrogens (primary N) is 1. The Labute approximate surface area is 151 Å². The zero-order valence-corrected chi connectivity index (χ0v) is 15.1. The minimum Gasteiger partial charge on any atom is -0.379 e. The minimum absolute atomic E-state index is 0.0995. The Morgan fingerprint density at radius 3 is 2.92 bits per heavy atom. The van der Waals surface area contributed by atoms with E-state index in [0.717, 1.165) is 38.5 Å². The number of hydrogen-bond acceptors (Lipinski definition) is 7. The maximum atomic E-state index is 6.06. The van der Waals surface area contributed by atoms with Gasteiger partial charge in [-0.25, -0.2) is 9.98 Å². The normalized spacial score (nSPS) is 23.6. The first kappa shape index (κ1) is 17.6. The summed E-state index contributed by atoms with van der Waals surface area (Å²) < 4.78 is 5.39. The molecule has 0 aliphatic carbocycles. The van der Waals surface area contributed by atoms with E-state index >= 15 is 0 Å². The van der Waals surface area contributed by atoms with Crippen LogP contribution in [-0.2, 0) is 11.3 Å². The van der Waals surface area contributed by atoms with E-state index in [1.165, 1.54) is 5.56 Å². The number of aliphatic imine (C=N–C) groups is 2. The lowest BCUT2D eigenvalue weighted by molar-refractivity contribution is 0.0342. The van der Waals surface area contributed by atoms with E-state index in [2.05, 4.69) is 25.9 Å². The highest BCUT2D eigenvalue weighted by Gasteiger charge is 2.24. The van der Waals surface area contributed by atoms with Gasteiger partial charge in [-0.15, -0.1) is 0 Å². The third-order valence-electron chi connectivity index (χ3n) is 4.14. The van der Waals surface area contributed by atoms with Crippen molar-refractivity contribution < 1.29 is 4.74 Å². The molecule has 0 aromatic carbocycles. The summed E-state index contributed by atoms with van der Waals surface area (Å²) >= 11 is 11.2. The fourth-order valence-electron chi connectivity index (χ4n) is 2.70. The zero-order valence-electron chi connectivity index (χ0n) is 13.5. The third kappa shape index (κ3) is 4.04. The van der Waals surface area contributed by atoms with Gasteiger partial charge >= 0.3 is 0 Å². The zero-order chi connectivity index (χ0) is 17.1. The molecule has 6 nitrogen and oxygen atoms in total. The van der Waals surface area contributed by atoms with Crippen LogP contribution in [0.25, 0.3) is 0 Å². The molecule has 0 bridgehead atoms. The minimum atomic E-state index is -0.612. The molecule has 2 aliphatic heterocycles. The molecule has 1 fully saturated rings. The fourth-order valence-corrected chi connectivity index (χ4v) is 2.99. The molecule has 0 radical (unpaired) electrons. The van der Waals surface area contributed by atoms with Crippen LogP contribution in [0.2, 0.25) is 0 Å². The molecular weight excluding hydrogens is 346 g/mol. The first-order valence-electron chi connectivity index (χ1n) is 7.91. The summed E-state index contributed by atoms with van der Waals surface area (Å²) in [6.45, 7) is 6.35. The van der Waals surface area contributed by atoms with E-state index in [9.17, 15) is 0 Å². The number of rotatable bonds is 4. The van der Waals surface area contributed by atoms with Crippen LogP contribution in [0.15, 0.2) is 28.3 Å². The molecule has 3 heterocycles. The summed E-state index contributed by atoms with van der Waals surface area (Å²) in [5.41, 5.74) is 8.00. The molecule has 2 unspecified atom stereocenters. The molecule has 8 heteroatoms. The molecule has 128 valence electrons. The SMILES string of the molecule is CC(C1=NC(N)C(=S)C(Cl)=N1)c1cc(CN2CCOCC2)ccn1. The van der Waals surface area contributed by atoms with E-state index < -0.39 is 6.17 Å². The van der Waals surface area contributed by atoms with Crippen molar-refractivity contribution in [2.75, 3.05) is 26.3 Å². The molecule has 0 amide bonds. The van der Waals surface area contributed by atoms with Gasteiger partial charge in [-0.3, -0.25) is 9.88 Å². The van der Waals surface area contributed by atoms with Gasteiger partial charge in [-0.2, -0.15) is 0 Å². The van der Waals surface area contributed by atoms with Crippen LogP contribution >= 0.6 is 23.8 Å².